The van der Waals surface area contributed by atoms with Crippen molar-refractivity contribution in [3.05, 3.63) is 34.3 Å². The van der Waals surface area contributed by atoms with Crippen molar-refractivity contribution in [1.29, 1.82) is 0 Å². The molecule has 66 valence electrons. The van der Waals surface area contributed by atoms with Gasteiger partial charge in [0.25, 0.3) is 0 Å². The number of benzene rings is 1. The first-order valence-electron chi connectivity index (χ1n) is 4.34. The summed E-state index contributed by atoms with van der Waals surface area (Å²) < 4.78 is 0. The minimum absolute atomic E-state index is 0.697. The standard InChI is InChI=1S/C11H15Cl/c1-8(2)4-10-5-9(3)6-11(12)7-10/h5-8H,4H2,1-3H3. The van der Waals surface area contributed by atoms with Gasteiger partial charge in [-0.3, -0.25) is 0 Å². The number of halogens is 1. The van der Waals surface area contributed by atoms with Crippen molar-refractivity contribution in [2.45, 2.75) is 27.2 Å². The third kappa shape index (κ3) is 2.86. The summed E-state index contributed by atoms with van der Waals surface area (Å²) in [6.07, 6.45) is 1.11. The van der Waals surface area contributed by atoms with Crippen molar-refractivity contribution in [3.63, 3.8) is 0 Å². The van der Waals surface area contributed by atoms with E-state index in [9.17, 15) is 0 Å². The van der Waals surface area contributed by atoms with Crippen LogP contribution in [-0.4, -0.2) is 0 Å². The first kappa shape index (κ1) is 9.60. The normalized spacial score (nSPS) is 10.8. The van der Waals surface area contributed by atoms with Crippen molar-refractivity contribution in [2.75, 3.05) is 0 Å². The molecule has 1 rings (SSSR count). The maximum Gasteiger partial charge on any atom is 0.0411 e. The van der Waals surface area contributed by atoms with E-state index < -0.39 is 0 Å². The molecule has 1 aromatic carbocycles. The van der Waals surface area contributed by atoms with Gasteiger partial charge in [0.15, 0.2) is 0 Å². The molecule has 0 aliphatic rings. The maximum atomic E-state index is 5.93. The summed E-state index contributed by atoms with van der Waals surface area (Å²) in [6, 6.07) is 6.24. The highest BCUT2D eigenvalue weighted by Crippen LogP contribution is 2.17. The maximum absolute atomic E-state index is 5.93. The van der Waals surface area contributed by atoms with Crippen LogP contribution >= 0.6 is 11.6 Å². The van der Waals surface area contributed by atoms with Gasteiger partial charge in [0.05, 0.1) is 0 Å². The van der Waals surface area contributed by atoms with Gasteiger partial charge < -0.3 is 0 Å². The summed E-state index contributed by atoms with van der Waals surface area (Å²) in [6.45, 7) is 6.52. The van der Waals surface area contributed by atoms with E-state index in [1.807, 2.05) is 6.07 Å². The van der Waals surface area contributed by atoms with Gasteiger partial charge in [-0.2, -0.15) is 0 Å². The molecule has 0 radical (unpaired) electrons. The minimum Gasteiger partial charge on any atom is -0.0843 e. The van der Waals surface area contributed by atoms with Crippen molar-refractivity contribution >= 4 is 11.6 Å². The van der Waals surface area contributed by atoms with E-state index in [-0.39, 0.29) is 0 Å². The summed E-state index contributed by atoms with van der Waals surface area (Å²) >= 11 is 5.93. The first-order chi connectivity index (χ1) is 5.58. The van der Waals surface area contributed by atoms with Gasteiger partial charge >= 0.3 is 0 Å². The van der Waals surface area contributed by atoms with E-state index in [1.165, 1.54) is 11.1 Å². The Morgan fingerprint density at radius 1 is 1.25 bits per heavy atom. The highest BCUT2D eigenvalue weighted by molar-refractivity contribution is 6.30. The second kappa shape index (κ2) is 3.95. The van der Waals surface area contributed by atoms with Gasteiger partial charge in [-0.1, -0.05) is 31.5 Å². The Labute approximate surface area is 79.6 Å². The molecule has 0 atom stereocenters. The lowest BCUT2D eigenvalue weighted by molar-refractivity contribution is 0.647. The molecule has 0 heterocycles. The molecule has 0 spiro atoms. The zero-order valence-corrected chi connectivity index (χ0v) is 8.65. The average molecular weight is 183 g/mol. The highest BCUT2D eigenvalue weighted by atomic mass is 35.5. The first-order valence-corrected chi connectivity index (χ1v) is 4.72. The Morgan fingerprint density at radius 3 is 2.42 bits per heavy atom. The predicted octanol–water partition coefficient (Wildman–Crippen LogP) is 3.85. The van der Waals surface area contributed by atoms with Crippen LogP contribution in [0.5, 0.6) is 0 Å². The minimum atomic E-state index is 0.697. The van der Waals surface area contributed by atoms with Crippen molar-refractivity contribution < 1.29 is 0 Å². The second-order valence-electron chi connectivity index (χ2n) is 3.73. The Bertz CT molecular complexity index is 243. The summed E-state index contributed by atoms with van der Waals surface area (Å²) in [5.74, 6) is 0.697. The van der Waals surface area contributed by atoms with Crippen LogP contribution in [0.3, 0.4) is 0 Å². The van der Waals surface area contributed by atoms with E-state index in [4.69, 9.17) is 11.6 Å². The van der Waals surface area contributed by atoms with Crippen LogP contribution in [0.25, 0.3) is 0 Å². The third-order valence-corrected chi connectivity index (χ3v) is 1.96. The molecule has 0 aliphatic carbocycles. The van der Waals surface area contributed by atoms with Crippen molar-refractivity contribution in [1.82, 2.24) is 0 Å². The fourth-order valence-corrected chi connectivity index (χ4v) is 1.71. The van der Waals surface area contributed by atoms with Crippen molar-refractivity contribution in [2.24, 2.45) is 5.92 Å². The van der Waals surface area contributed by atoms with E-state index >= 15 is 0 Å². The molecular weight excluding hydrogens is 168 g/mol. The summed E-state index contributed by atoms with van der Waals surface area (Å²) in [4.78, 5) is 0. The summed E-state index contributed by atoms with van der Waals surface area (Å²) in [7, 11) is 0. The van der Waals surface area contributed by atoms with Gasteiger partial charge in [-0.25, -0.2) is 0 Å². The fraction of sp³-hybridized carbons (Fsp3) is 0.455. The van der Waals surface area contributed by atoms with E-state index in [1.54, 1.807) is 0 Å². The van der Waals surface area contributed by atoms with Crippen LogP contribution in [0.4, 0.5) is 0 Å². The molecule has 0 saturated heterocycles. The zero-order valence-electron chi connectivity index (χ0n) is 7.89. The van der Waals surface area contributed by atoms with Crippen LogP contribution in [0.1, 0.15) is 25.0 Å². The Balaban J connectivity index is 2.85. The Morgan fingerprint density at radius 2 is 1.92 bits per heavy atom. The smallest absolute Gasteiger partial charge is 0.0411 e. The molecule has 0 bridgehead atoms. The summed E-state index contributed by atoms with van der Waals surface area (Å²) in [5.41, 5.74) is 2.59. The molecule has 0 aromatic heterocycles. The van der Waals surface area contributed by atoms with Gasteiger partial charge in [-0.15, -0.1) is 0 Å². The lowest BCUT2D eigenvalue weighted by Gasteiger charge is -2.06. The molecular formula is C11H15Cl. The zero-order chi connectivity index (χ0) is 9.14. The monoisotopic (exact) mass is 182 g/mol. The van der Waals surface area contributed by atoms with Crippen LogP contribution < -0.4 is 0 Å². The molecule has 0 N–H and O–H groups in total. The van der Waals surface area contributed by atoms with Crippen LogP contribution in [-0.2, 0) is 6.42 Å². The largest absolute Gasteiger partial charge is 0.0843 e. The molecule has 12 heavy (non-hydrogen) atoms. The van der Waals surface area contributed by atoms with Crippen LogP contribution in [0.2, 0.25) is 5.02 Å². The Hall–Kier alpha value is -0.490. The van der Waals surface area contributed by atoms with E-state index in [2.05, 4.69) is 32.9 Å². The average Bonchev–Trinajstić information content (AvgIpc) is 1.81. The highest BCUT2D eigenvalue weighted by Gasteiger charge is 1.99. The number of aryl methyl sites for hydroxylation is 1. The topological polar surface area (TPSA) is 0 Å². The molecule has 1 aromatic rings. The molecule has 0 amide bonds. The number of hydrogen-bond donors (Lipinski definition) is 0. The number of hydrogen-bond acceptors (Lipinski definition) is 0. The lowest BCUT2D eigenvalue weighted by Crippen LogP contribution is -1.94. The SMILES string of the molecule is Cc1cc(Cl)cc(CC(C)C)c1. The fourth-order valence-electron chi connectivity index (χ4n) is 1.40. The third-order valence-electron chi connectivity index (χ3n) is 1.75. The Kier molecular flexibility index (Phi) is 3.16. The molecule has 0 fully saturated rings. The second-order valence-corrected chi connectivity index (χ2v) is 4.17. The summed E-state index contributed by atoms with van der Waals surface area (Å²) in [5, 5.41) is 0.852. The predicted molar refractivity (Wildman–Crippen MR) is 54.7 cm³/mol. The van der Waals surface area contributed by atoms with Gasteiger partial charge in [-0.05, 0) is 42.5 Å². The lowest BCUT2D eigenvalue weighted by atomic mass is 10.0. The molecule has 0 saturated carbocycles. The van der Waals surface area contributed by atoms with Crippen LogP contribution in [0, 0.1) is 12.8 Å². The van der Waals surface area contributed by atoms with Gasteiger partial charge in [0.1, 0.15) is 0 Å². The quantitative estimate of drug-likeness (QED) is 0.652. The number of rotatable bonds is 2. The van der Waals surface area contributed by atoms with E-state index in [0.29, 0.717) is 5.92 Å². The van der Waals surface area contributed by atoms with E-state index in [0.717, 1.165) is 11.4 Å². The molecule has 0 aliphatic heterocycles. The van der Waals surface area contributed by atoms with Crippen LogP contribution in [0.15, 0.2) is 18.2 Å². The van der Waals surface area contributed by atoms with Gasteiger partial charge in [0, 0.05) is 5.02 Å². The molecule has 1 heteroatoms. The molecule has 0 unspecified atom stereocenters. The molecule has 0 nitrogen and oxygen atoms in total. The van der Waals surface area contributed by atoms with Crippen molar-refractivity contribution in [3.8, 4) is 0 Å². The van der Waals surface area contributed by atoms with Gasteiger partial charge in [0.2, 0.25) is 0 Å².